The van der Waals surface area contributed by atoms with Crippen LogP contribution in [0.1, 0.15) is 11.1 Å². The van der Waals surface area contributed by atoms with Crippen LogP contribution in [0.15, 0.2) is 68.0 Å². The summed E-state index contributed by atoms with van der Waals surface area (Å²) >= 11 is 4.62. The molecule has 0 aliphatic heterocycles. The van der Waals surface area contributed by atoms with E-state index in [4.69, 9.17) is 0 Å². The van der Waals surface area contributed by atoms with E-state index in [1.165, 1.54) is 15.9 Å². The lowest BCUT2D eigenvalue weighted by molar-refractivity contribution is -0.116. The second-order valence-electron chi connectivity index (χ2n) is 6.97. The number of fused-ring (bicyclic) bond motifs is 1. The number of carbonyl (C=O) groups excluding carboxylic acids is 1. The molecule has 0 unspecified atom stereocenters. The minimum atomic E-state index is -0.543. The normalized spacial score (nSPS) is 11.0. The third-order valence-corrected chi connectivity index (χ3v) is 6.30. The van der Waals surface area contributed by atoms with Gasteiger partial charge in [0.05, 0.1) is 11.2 Å². The van der Waals surface area contributed by atoms with Crippen molar-refractivity contribution in [1.29, 1.82) is 0 Å². The van der Waals surface area contributed by atoms with Gasteiger partial charge in [-0.25, -0.2) is 9.36 Å². The van der Waals surface area contributed by atoms with Crippen molar-refractivity contribution in [3.63, 3.8) is 0 Å². The van der Waals surface area contributed by atoms with Gasteiger partial charge in [-0.2, -0.15) is 0 Å². The minimum Gasteiger partial charge on any atom is -0.324 e. The summed E-state index contributed by atoms with van der Waals surface area (Å²) in [5.41, 5.74) is 2.69. The molecule has 6 nitrogen and oxygen atoms in total. The van der Waals surface area contributed by atoms with Gasteiger partial charge < -0.3 is 5.32 Å². The Hall–Kier alpha value is -2.97. The smallest absolute Gasteiger partial charge is 0.324 e. The molecule has 0 aliphatic rings. The predicted octanol–water partition coefficient (Wildman–Crippen LogP) is 4.23. The molecule has 4 rings (SSSR count). The Balaban J connectivity index is 1.81. The molecule has 0 atom stereocenters. The first-order chi connectivity index (χ1) is 14.3. The van der Waals surface area contributed by atoms with Crippen LogP contribution in [0.5, 0.6) is 0 Å². The third kappa shape index (κ3) is 3.76. The molecular weight excluding hydrogens is 466 g/mol. The number of hydrogen-bond donors (Lipinski definition) is 1. The Morgan fingerprint density at radius 2 is 1.87 bits per heavy atom. The van der Waals surface area contributed by atoms with Gasteiger partial charge in [-0.1, -0.05) is 28.1 Å². The number of benzene rings is 2. The fourth-order valence-corrected chi connectivity index (χ4v) is 4.47. The summed E-state index contributed by atoms with van der Waals surface area (Å²) in [5.74, 6) is -0.354. The Morgan fingerprint density at radius 1 is 1.07 bits per heavy atom. The third-order valence-electron chi connectivity index (χ3n) is 4.91. The van der Waals surface area contributed by atoms with Crippen LogP contribution in [0.25, 0.3) is 15.9 Å². The van der Waals surface area contributed by atoms with Gasteiger partial charge in [-0.15, -0.1) is 11.3 Å². The summed E-state index contributed by atoms with van der Waals surface area (Å²) < 4.78 is 3.75. The van der Waals surface area contributed by atoms with E-state index in [-0.39, 0.29) is 18.0 Å². The van der Waals surface area contributed by atoms with Crippen LogP contribution >= 0.6 is 27.3 Å². The first-order valence-corrected chi connectivity index (χ1v) is 10.9. The summed E-state index contributed by atoms with van der Waals surface area (Å²) in [6, 6.07) is 14.3. The summed E-state index contributed by atoms with van der Waals surface area (Å²) in [6.45, 7) is 3.69. The number of aryl methyl sites for hydroxylation is 2. The molecule has 30 heavy (non-hydrogen) atoms. The standard InChI is InChI=1S/C22H18BrN3O3S/c1-13-6-7-17(10-14(13)2)26-21(28)20-18(8-9-30-20)25(22(26)29)12-19(27)24-16-5-3-4-15(23)11-16/h3-11H,12H2,1-2H3,(H,24,27). The largest absolute Gasteiger partial charge is 0.336 e. The molecule has 0 spiro atoms. The molecule has 1 amide bonds. The van der Waals surface area contributed by atoms with Crippen LogP contribution in [0.4, 0.5) is 5.69 Å². The molecular formula is C22H18BrN3O3S. The van der Waals surface area contributed by atoms with Gasteiger partial charge in [0.1, 0.15) is 11.2 Å². The molecule has 0 bridgehead atoms. The lowest BCUT2D eigenvalue weighted by Gasteiger charge is -2.13. The number of thiophene rings is 1. The van der Waals surface area contributed by atoms with E-state index in [9.17, 15) is 14.4 Å². The van der Waals surface area contributed by atoms with Crippen LogP contribution in [0.2, 0.25) is 0 Å². The Morgan fingerprint density at radius 3 is 2.60 bits per heavy atom. The molecule has 0 saturated heterocycles. The topological polar surface area (TPSA) is 73.1 Å². The zero-order valence-corrected chi connectivity index (χ0v) is 18.7. The highest BCUT2D eigenvalue weighted by atomic mass is 79.9. The molecule has 8 heteroatoms. The SMILES string of the molecule is Cc1ccc(-n2c(=O)c3sccc3n(CC(=O)Nc3cccc(Br)c3)c2=O)cc1C. The maximum Gasteiger partial charge on any atom is 0.336 e. The molecule has 0 aliphatic carbocycles. The Labute approximate surface area is 184 Å². The summed E-state index contributed by atoms with van der Waals surface area (Å²) in [5, 5.41) is 4.54. The molecule has 1 N–H and O–H groups in total. The van der Waals surface area contributed by atoms with E-state index < -0.39 is 5.69 Å². The van der Waals surface area contributed by atoms with Crippen molar-refractivity contribution in [2.45, 2.75) is 20.4 Å². The van der Waals surface area contributed by atoms with Crippen molar-refractivity contribution in [2.24, 2.45) is 0 Å². The van der Waals surface area contributed by atoms with Crippen LogP contribution in [-0.4, -0.2) is 15.0 Å². The summed E-state index contributed by atoms with van der Waals surface area (Å²) in [6.07, 6.45) is 0. The van der Waals surface area contributed by atoms with Gasteiger partial charge in [-0.3, -0.25) is 14.2 Å². The second kappa shape index (κ2) is 8.04. The number of halogens is 1. The van der Waals surface area contributed by atoms with Crippen LogP contribution in [-0.2, 0) is 11.3 Å². The average Bonchev–Trinajstić information content (AvgIpc) is 3.18. The number of amides is 1. The zero-order chi connectivity index (χ0) is 21.4. The monoisotopic (exact) mass is 483 g/mol. The Kier molecular flexibility index (Phi) is 5.44. The quantitative estimate of drug-likeness (QED) is 0.471. The van der Waals surface area contributed by atoms with Crippen LogP contribution < -0.4 is 16.6 Å². The second-order valence-corrected chi connectivity index (χ2v) is 8.80. The molecule has 2 aromatic heterocycles. The van der Waals surface area contributed by atoms with Gasteiger partial charge in [0.2, 0.25) is 5.91 Å². The number of hydrogen-bond acceptors (Lipinski definition) is 4. The lowest BCUT2D eigenvalue weighted by Crippen LogP contribution is -2.40. The molecule has 2 aromatic carbocycles. The van der Waals surface area contributed by atoms with Gasteiger partial charge in [0.15, 0.2) is 0 Å². The highest BCUT2D eigenvalue weighted by Crippen LogP contribution is 2.19. The average molecular weight is 484 g/mol. The van der Waals surface area contributed by atoms with Gasteiger partial charge in [0.25, 0.3) is 5.56 Å². The number of anilines is 1. The first kappa shape index (κ1) is 20.3. The number of aromatic nitrogens is 2. The Bertz CT molecular complexity index is 1400. The maximum absolute atomic E-state index is 13.3. The van der Waals surface area contributed by atoms with Crippen molar-refractivity contribution >= 4 is 49.1 Å². The minimum absolute atomic E-state index is 0.205. The van der Waals surface area contributed by atoms with Crippen molar-refractivity contribution in [1.82, 2.24) is 9.13 Å². The van der Waals surface area contributed by atoms with E-state index in [1.807, 2.05) is 38.1 Å². The first-order valence-electron chi connectivity index (χ1n) is 9.21. The van der Waals surface area contributed by atoms with E-state index in [0.717, 1.165) is 20.2 Å². The lowest BCUT2D eigenvalue weighted by atomic mass is 10.1. The van der Waals surface area contributed by atoms with Crippen molar-refractivity contribution in [3.05, 3.63) is 90.3 Å². The number of nitrogens with zero attached hydrogens (tertiary/aromatic N) is 2. The van der Waals surface area contributed by atoms with Crippen LogP contribution in [0.3, 0.4) is 0 Å². The number of carbonyl (C=O) groups is 1. The van der Waals surface area contributed by atoms with E-state index in [2.05, 4.69) is 21.2 Å². The fraction of sp³-hybridized carbons (Fsp3) is 0.136. The van der Waals surface area contributed by atoms with Crippen molar-refractivity contribution < 1.29 is 4.79 Å². The van der Waals surface area contributed by atoms with Crippen molar-refractivity contribution in [2.75, 3.05) is 5.32 Å². The number of rotatable bonds is 4. The van der Waals surface area contributed by atoms with E-state index in [1.54, 1.807) is 29.6 Å². The fourth-order valence-electron chi connectivity index (χ4n) is 3.24. The van der Waals surface area contributed by atoms with Gasteiger partial charge in [-0.05, 0) is 66.8 Å². The molecule has 0 radical (unpaired) electrons. The van der Waals surface area contributed by atoms with Gasteiger partial charge >= 0.3 is 5.69 Å². The number of nitrogens with one attached hydrogen (secondary N) is 1. The summed E-state index contributed by atoms with van der Waals surface area (Å²) in [4.78, 5) is 39.0. The molecule has 2 heterocycles. The van der Waals surface area contributed by atoms with E-state index in [0.29, 0.717) is 21.6 Å². The molecule has 0 fully saturated rings. The van der Waals surface area contributed by atoms with E-state index >= 15 is 0 Å². The predicted molar refractivity (Wildman–Crippen MR) is 124 cm³/mol. The molecule has 152 valence electrons. The molecule has 0 saturated carbocycles. The highest BCUT2D eigenvalue weighted by molar-refractivity contribution is 9.10. The maximum atomic E-state index is 13.3. The highest BCUT2D eigenvalue weighted by Gasteiger charge is 2.18. The molecule has 4 aromatic rings. The summed E-state index contributed by atoms with van der Waals surface area (Å²) in [7, 11) is 0. The zero-order valence-electron chi connectivity index (χ0n) is 16.3. The van der Waals surface area contributed by atoms with Crippen LogP contribution in [0, 0.1) is 13.8 Å². The van der Waals surface area contributed by atoms with Gasteiger partial charge in [0, 0.05) is 10.2 Å². The van der Waals surface area contributed by atoms with Crippen molar-refractivity contribution in [3.8, 4) is 5.69 Å².